The molecule has 0 aliphatic carbocycles. The first kappa shape index (κ1) is 32.5. The second kappa shape index (κ2) is 13.9. The lowest BCUT2D eigenvalue weighted by Crippen LogP contribution is -2.51. The van der Waals surface area contributed by atoms with E-state index in [9.17, 15) is 14.4 Å². The molecule has 0 saturated carbocycles. The molecule has 234 valence electrons. The van der Waals surface area contributed by atoms with Gasteiger partial charge < -0.3 is 33.2 Å². The van der Waals surface area contributed by atoms with Gasteiger partial charge in [-0.1, -0.05) is 31.9 Å². The fourth-order valence-corrected chi connectivity index (χ4v) is 4.17. The summed E-state index contributed by atoms with van der Waals surface area (Å²) in [5, 5.41) is 0. The molecule has 0 N–H and O–H groups in total. The van der Waals surface area contributed by atoms with Gasteiger partial charge in [-0.25, -0.2) is 14.4 Å². The maximum atomic E-state index is 12.0. The lowest BCUT2D eigenvalue weighted by Gasteiger charge is -2.40. The highest BCUT2D eigenvalue weighted by Crippen LogP contribution is 2.36. The van der Waals surface area contributed by atoms with Crippen LogP contribution in [0.15, 0.2) is 78.9 Å². The summed E-state index contributed by atoms with van der Waals surface area (Å²) in [5.74, 6) is 0.0109. The van der Waals surface area contributed by atoms with Crippen molar-refractivity contribution in [3.05, 3.63) is 78.9 Å². The van der Waals surface area contributed by atoms with Crippen LogP contribution in [-0.4, -0.2) is 70.8 Å². The van der Waals surface area contributed by atoms with Crippen molar-refractivity contribution in [3.63, 3.8) is 0 Å². The Morgan fingerprint density at radius 1 is 0.614 bits per heavy atom. The second-order valence-corrected chi connectivity index (χ2v) is 11.7. The summed E-state index contributed by atoms with van der Waals surface area (Å²) in [4.78, 5) is 35.9. The molecule has 2 aliphatic rings. The molecule has 2 aromatic carbocycles. The summed E-state index contributed by atoms with van der Waals surface area (Å²) >= 11 is 0. The zero-order valence-electron chi connectivity index (χ0n) is 25.4. The van der Waals surface area contributed by atoms with E-state index in [0.717, 1.165) is 11.1 Å². The zero-order chi connectivity index (χ0) is 31.9. The van der Waals surface area contributed by atoms with Crippen LogP contribution in [0.3, 0.4) is 0 Å². The molecule has 0 spiro atoms. The average Bonchev–Trinajstić information content (AvgIpc) is 2.95. The quantitative estimate of drug-likeness (QED) is 0.158. The lowest BCUT2D eigenvalue weighted by atomic mass is 9.88. The Morgan fingerprint density at radius 3 is 1.41 bits per heavy atom. The van der Waals surface area contributed by atoms with E-state index in [1.165, 1.54) is 0 Å². The van der Waals surface area contributed by atoms with E-state index in [-0.39, 0.29) is 26.4 Å². The van der Waals surface area contributed by atoms with E-state index >= 15 is 0 Å². The molecule has 2 heterocycles. The Morgan fingerprint density at radius 2 is 1.05 bits per heavy atom. The number of esters is 3. The normalized spacial score (nSPS) is 15.9. The molecule has 4 rings (SSSR count). The third-order valence-corrected chi connectivity index (χ3v) is 7.07. The number of hydrogen-bond donors (Lipinski definition) is 0. The molecule has 2 aliphatic heterocycles. The van der Waals surface area contributed by atoms with Crippen LogP contribution in [0, 0.1) is 10.8 Å². The van der Waals surface area contributed by atoms with E-state index in [1.54, 1.807) is 39.0 Å². The number of ether oxygens (including phenoxy) is 7. The van der Waals surface area contributed by atoms with Gasteiger partial charge in [0.15, 0.2) is 0 Å². The van der Waals surface area contributed by atoms with Gasteiger partial charge in [0, 0.05) is 22.8 Å². The molecular weight excluding hydrogens is 568 g/mol. The van der Waals surface area contributed by atoms with E-state index in [1.807, 2.05) is 24.3 Å². The average molecular weight is 607 g/mol. The molecule has 2 aromatic rings. The van der Waals surface area contributed by atoms with Crippen LogP contribution in [-0.2, 0) is 33.3 Å². The van der Waals surface area contributed by atoms with Gasteiger partial charge in [-0.3, -0.25) is 0 Å². The van der Waals surface area contributed by atoms with E-state index < -0.39 is 28.7 Å². The van der Waals surface area contributed by atoms with Crippen LogP contribution >= 0.6 is 0 Å². The smallest absolute Gasteiger partial charge is 0.338 e. The molecule has 0 atom stereocenters. The molecule has 0 amide bonds. The third kappa shape index (κ3) is 8.36. The fourth-order valence-electron chi connectivity index (χ4n) is 4.17. The van der Waals surface area contributed by atoms with Crippen molar-refractivity contribution in [2.75, 3.05) is 52.9 Å². The first-order chi connectivity index (χ1) is 20.9. The molecule has 2 saturated heterocycles. The van der Waals surface area contributed by atoms with Crippen molar-refractivity contribution < 1.29 is 47.5 Å². The zero-order valence-corrected chi connectivity index (χ0v) is 25.4. The summed E-state index contributed by atoms with van der Waals surface area (Å²) in [6, 6.07) is 12.5. The maximum Gasteiger partial charge on any atom is 0.338 e. The number of hydrogen-bond acceptors (Lipinski definition) is 10. The van der Waals surface area contributed by atoms with Gasteiger partial charge in [0.2, 0.25) is 0 Å². The molecule has 2 fully saturated rings. The number of carbonyl (C=O) groups is 3. The summed E-state index contributed by atoms with van der Waals surface area (Å²) < 4.78 is 39.4. The predicted molar refractivity (Wildman–Crippen MR) is 161 cm³/mol. The van der Waals surface area contributed by atoms with Crippen molar-refractivity contribution in [2.24, 2.45) is 10.8 Å². The molecule has 0 aromatic heterocycles. The minimum Gasteiger partial charge on any atom is -0.493 e. The van der Waals surface area contributed by atoms with Gasteiger partial charge >= 0.3 is 17.9 Å². The Balaban J connectivity index is 1.53. The van der Waals surface area contributed by atoms with Crippen LogP contribution in [0.5, 0.6) is 17.2 Å². The maximum absolute atomic E-state index is 12.0. The topological polar surface area (TPSA) is 116 Å². The van der Waals surface area contributed by atoms with Gasteiger partial charge in [-0.2, -0.15) is 0 Å². The van der Waals surface area contributed by atoms with E-state index in [2.05, 4.69) is 19.7 Å². The molecule has 10 heteroatoms. The van der Waals surface area contributed by atoms with Crippen LogP contribution < -0.4 is 14.2 Å². The second-order valence-electron chi connectivity index (χ2n) is 11.7. The fraction of sp³-hybridized carbons (Fsp3) is 0.382. The largest absolute Gasteiger partial charge is 0.493 e. The standard InChI is InChI=1S/C34H38O10/c1-22(2)30(35)42-20-33(14-38-15-33)18-40-28-11-26(25-7-9-27(10-8-25)44-32(37)24(5)6)12-29(13-28)41-19-34(16-39-17-34)21-43-31(36)23(3)4/h7-13H,1,3,5,14-21H2,2,4,6H3. The number of carbonyl (C=O) groups excluding carboxylic acids is 3. The van der Waals surface area contributed by atoms with Gasteiger partial charge in [-0.05, 0) is 56.2 Å². The van der Waals surface area contributed by atoms with Crippen LogP contribution in [0.2, 0.25) is 0 Å². The van der Waals surface area contributed by atoms with Crippen molar-refractivity contribution in [3.8, 4) is 28.4 Å². The number of rotatable bonds is 15. The third-order valence-electron chi connectivity index (χ3n) is 7.07. The van der Waals surface area contributed by atoms with Gasteiger partial charge in [0.05, 0.1) is 37.3 Å². The monoisotopic (exact) mass is 606 g/mol. The molecule has 0 bridgehead atoms. The SMILES string of the molecule is C=C(C)C(=O)OCC1(COc2cc(OCC3(COC(=O)C(=C)C)COC3)cc(-c3ccc(OC(=O)C(=C)C)cc3)c2)COC1. The highest BCUT2D eigenvalue weighted by atomic mass is 16.6. The summed E-state index contributed by atoms with van der Waals surface area (Å²) in [7, 11) is 0. The van der Waals surface area contributed by atoms with Crippen LogP contribution in [0.4, 0.5) is 0 Å². The lowest BCUT2D eigenvalue weighted by molar-refractivity contribution is -0.174. The Bertz CT molecular complexity index is 1360. The summed E-state index contributed by atoms with van der Waals surface area (Å²) in [6.45, 7) is 17.9. The molecule has 0 radical (unpaired) electrons. The van der Waals surface area contributed by atoms with Crippen molar-refractivity contribution >= 4 is 17.9 Å². The Hall–Kier alpha value is -4.41. The Labute approximate surface area is 257 Å². The summed E-state index contributed by atoms with van der Waals surface area (Å²) in [6.07, 6.45) is 0. The summed E-state index contributed by atoms with van der Waals surface area (Å²) in [5.41, 5.74) is 1.57. The van der Waals surface area contributed by atoms with E-state index in [0.29, 0.717) is 60.4 Å². The first-order valence-corrected chi connectivity index (χ1v) is 14.1. The highest BCUT2D eigenvalue weighted by Gasteiger charge is 2.42. The molecule has 10 nitrogen and oxygen atoms in total. The Kier molecular flexibility index (Phi) is 10.3. The van der Waals surface area contributed by atoms with Crippen LogP contribution in [0.1, 0.15) is 20.8 Å². The minimum atomic E-state index is -0.505. The van der Waals surface area contributed by atoms with Gasteiger partial charge in [0.1, 0.15) is 43.7 Å². The first-order valence-electron chi connectivity index (χ1n) is 14.1. The van der Waals surface area contributed by atoms with Gasteiger partial charge in [-0.15, -0.1) is 0 Å². The van der Waals surface area contributed by atoms with E-state index in [4.69, 9.17) is 33.2 Å². The van der Waals surface area contributed by atoms with Gasteiger partial charge in [0.25, 0.3) is 0 Å². The molecular formula is C34H38O10. The van der Waals surface area contributed by atoms with Crippen LogP contribution in [0.25, 0.3) is 11.1 Å². The predicted octanol–water partition coefficient (Wildman–Crippen LogP) is 4.86. The van der Waals surface area contributed by atoms with Crippen molar-refractivity contribution in [1.29, 1.82) is 0 Å². The molecule has 0 unspecified atom stereocenters. The molecule has 44 heavy (non-hydrogen) atoms. The highest BCUT2D eigenvalue weighted by molar-refractivity contribution is 5.89. The minimum absolute atomic E-state index is 0.136. The van der Waals surface area contributed by atoms with Crippen molar-refractivity contribution in [1.82, 2.24) is 0 Å². The van der Waals surface area contributed by atoms with Crippen molar-refractivity contribution in [2.45, 2.75) is 20.8 Å². The number of benzene rings is 2.